The third-order valence-corrected chi connectivity index (χ3v) is 2.89. The number of thiocarbonyl (C=S) groups is 1. The maximum absolute atomic E-state index is 13.8. The molecule has 0 unspecified atom stereocenters. The Morgan fingerprint density at radius 1 is 1.25 bits per heavy atom. The zero-order valence-electron chi connectivity index (χ0n) is 10.3. The number of phenolic OH excluding ortho intramolecular Hbond substituents is 1. The summed E-state index contributed by atoms with van der Waals surface area (Å²) in [7, 11) is 0. The van der Waals surface area contributed by atoms with Gasteiger partial charge in [0, 0.05) is 5.56 Å². The Bertz CT molecular complexity index is 689. The quantitative estimate of drug-likeness (QED) is 0.759. The molecule has 0 saturated carbocycles. The van der Waals surface area contributed by atoms with E-state index in [1.54, 1.807) is 12.1 Å². The summed E-state index contributed by atoms with van der Waals surface area (Å²) in [6.45, 7) is 0. The summed E-state index contributed by atoms with van der Waals surface area (Å²) in [6, 6.07) is 10.0. The topological polar surface area (TPSA) is 75.3 Å². The number of halogens is 1. The van der Waals surface area contributed by atoms with Crippen LogP contribution in [0.3, 0.4) is 0 Å². The molecule has 6 heteroatoms. The van der Waals surface area contributed by atoms with Crippen molar-refractivity contribution in [2.75, 3.05) is 5.32 Å². The van der Waals surface area contributed by atoms with Crippen molar-refractivity contribution < 1.29 is 14.3 Å². The zero-order valence-corrected chi connectivity index (χ0v) is 11.1. The lowest BCUT2D eigenvalue weighted by Crippen LogP contribution is -2.14. The number of nitrogens with one attached hydrogen (secondary N) is 1. The van der Waals surface area contributed by atoms with Crippen molar-refractivity contribution in [1.29, 1.82) is 0 Å². The molecular weight excluding hydrogens is 279 g/mol. The van der Waals surface area contributed by atoms with Gasteiger partial charge in [-0.1, -0.05) is 24.4 Å². The van der Waals surface area contributed by atoms with E-state index in [1.165, 1.54) is 24.3 Å². The van der Waals surface area contributed by atoms with Gasteiger partial charge >= 0.3 is 0 Å². The lowest BCUT2D eigenvalue weighted by Gasteiger charge is -2.08. The highest BCUT2D eigenvalue weighted by Gasteiger charge is 2.13. The van der Waals surface area contributed by atoms with E-state index in [0.29, 0.717) is 5.56 Å². The average Bonchev–Trinajstić information content (AvgIpc) is 2.41. The van der Waals surface area contributed by atoms with Crippen LogP contribution in [0.2, 0.25) is 0 Å². The first-order valence-corrected chi connectivity index (χ1v) is 6.08. The number of hydrogen-bond acceptors (Lipinski definition) is 3. The number of carbonyl (C=O) groups excluding carboxylic acids is 1. The van der Waals surface area contributed by atoms with Gasteiger partial charge in [-0.25, -0.2) is 4.39 Å². The minimum Gasteiger partial charge on any atom is -0.507 e. The minimum atomic E-state index is -0.654. The average molecular weight is 290 g/mol. The van der Waals surface area contributed by atoms with Crippen LogP contribution in [0.15, 0.2) is 42.5 Å². The van der Waals surface area contributed by atoms with E-state index in [1.807, 2.05) is 0 Å². The van der Waals surface area contributed by atoms with E-state index < -0.39 is 11.7 Å². The molecule has 4 N–H and O–H groups in total. The summed E-state index contributed by atoms with van der Waals surface area (Å²) in [5.41, 5.74) is 5.81. The first kappa shape index (κ1) is 14.0. The van der Waals surface area contributed by atoms with Gasteiger partial charge in [0.05, 0.1) is 11.3 Å². The standard InChI is InChI=1S/C14H11FN2O2S/c15-10-7-8(13(16)20)5-6-11(10)17-14(19)9-3-1-2-4-12(9)18/h1-7,18H,(H2,16,20)(H,17,19). The Kier molecular flexibility index (Phi) is 3.95. The maximum Gasteiger partial charge on any atom is 0.259 e. The molecule has 0 aliphatic heterocycles. The van der Waals surface area contributed by atoms with Crippen molar-refractivity contribution in [2.45, 2.75) is 0 Å². The highest BCUT2D eigenvalue weighted by Crippen LogP contribution is 2.20. The minimum absolute atomic E-state index is 0.0155. The molecule has 20 heavy (non-hydrogen) atoms. The van der Waals surface area contributed by atoms with Gasteiger partial charge in [-0.3, -0.25) is 4.79 Å². The largest absolute Gasteiger partial charge is 0.507 e. The van der Waals surface area contributed by atoms with Crippen LogP contribution in [0.5, 0.6) is 5.75 Å². The van der Waals surface area contributed by atoms with Gasteiger partial charge in [0.1, 0.15) is 16.6 Å². The van der Waals surface area contributed by atoms with E-state index in [2.05, 4.69) is 5.32 Å². The van der Waals surface area contributed by atoms with Gasteiger partial charge in [0.2, 0.25) is 0 Å². The number of carbonyl (C=O) groups is 1. The van der Waals surface area contributed by atoms with Gasteiger partial charge in [-0.2, -0.15) is 0 Å². The molecule has 1 amide bonds. The Balaban J connectivity index is 2.25. The highest BCUT2D eigenvalue weighted by molar-refractivity contribution is 7.80. The van der Waals surface area contributed by atoms with Gasteiger partial charge in [-0.05, 0) is 30.3 Å². The van der Waals surface area contributed by atoms with E-state index >= 15 is 0 Å². The summed E-state index contributed by atoms with van der Waals surface area (Å²) in [6.07, 6.45) is 0. The Hall–Kier alpha value is -2.47. The number of hydrogen-bond donors (Lipinski definition) is 3. The van der Waals surface area contributed by atoms with Crippen molar-refractivity contribution in [3.05, 3.63) is 59.4 Å². The zero-order chi connectivity index (χ0) is 14.7. The van der Waals surface area contributed by atoms with Crippen molar-refractivity contribution in [3.8, 4) is 5.75 Å². The van der Waals surface area contributed by atoms with Gasteiger partial charge < -0.3 is 16.2 Å². The van der Waals surface area contributed by atoms with Crippen molar-refractivity contribution in [3.63, 3.8) is 0 Å². The normalized spacial score (nSPS) is 10.1. The van der Waals surface area contributed by atoms with Crippen LogP contribution < -0.4 is 11.1 Å². The molecule has 2 aromatic carbocycles. The predicted octanol–water partition coefficient (Wildman–Crippen LogP) is 2.42. The molecule has 0 bridgehead atoms. The maximum atomic E-state index is 13.8. The van der Waals surface area contributed by atoms with E-state index in [0.717, 1.165) is 6.07 Å². The molecule has 4 nitrogen and oxygen atoms in total. The molecule has 0 aliphatic rings. The van der Waals surface area contributed by atoms with Crippen LogP contribution in [0.25, 0.3) is 0 Å². The van der Waals surface area contributed by atoms with E-state index in [4.69, 9.17) is 18.0 Å². The smallest absolute Gasteiger partial charge is 0.259 e. The molecule has 0 spiro atoms. The van der Waals surface area contributed by atoms with Gasteiger partial charge in [0.25, 0.3) is 5.91 Å². The third-order valence-electron chi connectivity index (χ3n) is 2.65. The summed E-state index contributed by atoms with van der Waals surface area (Å²) >= 11 is 4.74. The van der Waals surface area contributed by atoms with Gasteiger partial charge in [-0.15, -0.1) is 0 Å². The van der Waals surface area contributed by atoms with Crippen LogP contribution in [0, 0.1) is 5.82 Å². The van der Waals surface area contributed by atoms with E-state index in [-0.39, 0.29) is 22.0 Å². The van der Waals surface area contributed by atoms with Crippen molar-refractivity contribution in [2.24, 2.45) is 5.73 Å². The molecule has 102 valence electrons. The SMILES string of the molecule is NC(=S)c1ccc(NC(=O)c2ccccc2O)c(F)c1. The lowest BCUT2D eigenvalue weighted by molar-refractivity contribution is 0.102. The number of benzene rings is 2. The first-order valence-electron chi connectivity index (χ1n) is 5.67. The second kappa shape index (κ2) is 5.66. The third kappa shape index (κ3) is 2.92. The molecule has 2 rings (SSSR count). The molecule has 0 atom stereocenters. The number of phenols is 1. The summed E-state index contributed by atoms with van der Waals surface area (Å²) in [4.78, 5) is 12.0. The predicted molar refractivity (Wildman–Crippen MR) is 78.3 cm³/mol. The molecule has 0 saturated heterocycles. The molecule has 0 fully saturated rings. The lowest BCUT2D eigenvalue weighted by atomic mass is 10.1. The molecule has 0 heterocycles. The Morgan fingerprint density at radius 3 is 2.55 bits per heavy atom. The summed E-state index contributed by atoms with van der Waals surface area (Å²) < 4.78 is 13.8. The second-order valence-corrected chi connectivity index (χ2v) is 4.47. The summed E-state index contributed by atoms with van der Waals surface area (Å²) in [5, 5.41) is 11.9. The van der Waals surface area contributed by atoms with Crippen LogP contribution in [-0.2, 0) is 0 Å². The first-order chi connectivity index (χ1) is 9.49. The number of aromatic hydroxyl groups is 1. The molecular formula is C14H11FN2O2S. The fourth-order valence-corrected chi connectivity index (χ4v) is 1.75. The summed E-state index contributed by atoms with van der Waals surface area (Å²) in [5.74, 6) is -1.44. The number of rotatable bonds is 3. The monoisotopic (exact) mass is 290 g/mol. The van der Waals surface area contributed by atoms with Crippen LogP contribution in [0.4, 0.5) is 10.1 Å². The van der Waals surface area contributed by atoms with Gasteiger partial charge in [0.15, 0.2) is 0 Å². The number of nitrogens with two attached hydrogens (primary N) is 1. The molecule has 0 aliphatic carbocycles. The molecule has 0 radical (unpaired) electrons. The van der Waals surface area contributed by atoms with E-state index in [9.17, 15) is 14.3 Å². The van der Waals surface area contributed by atoms with Crippen molar-refractivity contribution in [1.82, 2.24) is 0 Å². The highest BCUT2D eigenvalue weighted by atomic mass is 32.1. The Morgan fingerprint density at radius 2 is 1.95 bits per heavy atom. The number of anilines is 1. The fraction of sp³-hybridized carbons (Fsp3) is 0. The molecule has 0 aromatic heterocycles. The number of para-hydroxylation sites is 1. The number of amides is 1. The molecule has 2 aromatic rings. The fourth-order valence-electron chi connectivity index (χ4n) is 1.63. The Labute approximate surface area is 120 Å². The van der Waals surface area contributed by atoms with Crippen LogP contribution in [0.1, 0.15) is 15.9 Å². The van der Waals surface area contributed by atoms with Crippen LogP contribution in [-0.4, -0.2) is 16.0 Å². The van der Waals surface area contributed by atoms with Crippen molar-refractivity contribution >= 4 is 28.8 Å². The second-order valence-electron chi connectivity index (χ2n) is 4.03. The van der Waals surface area contributed by atoms with Crippen LogP contribution >= 0.6 is 12.2 Å².